The molecule has 1 rings (SSSR count). The maximum Gasteiger partial charge on any atom is 0.219 e. The lowest BCUT2D eigenvalue weighted by Crippen LogP contribution is -2.31. The summed E-state index contributed by atoms with van der Waals surface area (Å²) < 4.78 is 25.7. The van der Waals surface area contributed by atoms with Gasteiger partial charge in [0.05, 0.1) is 0 Å². The molecule has 1 aromatic rings. The third-order valence-corrected chi connectivity index (χ3v) is 2.68. The van der Waals surface area contributed by atoms with Gasteiger partial charge in [0.1, 0.15) is 0 Å². The monoisotopic (exact) mass is 257 g/mol. The number of hydrogen-bond donors (Lipinski definition) is 2. The molecule has 0 heterocycles. The smallest absolute Gasteiger partial charge is 0.219 e. The summed E-state index contributed by atoms with van der Waals surface area (Å²) in [5, 5.41) is 11.8. The molecule has 0 aliphatic heterocycles. The van der Waals surface area contributed by atoms with Crippen LogP contribution in [0.2, 0.25) is 0 Å². The molecule has 3 nitrogen and oxygen atoms in total. The van der Waals surface area contributed by atoms with E-state index in [4.69, 9.17) is 0 Å². The number of rotatable bonds is 6. The van der Waals surface area contributed by atoms with Crippen molar-refractivity contribution in [2.75, 3.05) is 13.2 Å². The molecule has 0 spiro atoms. The maximum absolute atomic E-state index is 13.0. The van der Waals surface area contributed by atoms with E-state index in [1.165, 1.54) is 6.07 Å². The number of amides is 1. The zero-order valence-electron chi connectivity index (χ0n) is 10.2. The second kappa shape index (κ2) is 7.06. The van der Waals surface area contributed by atoms with E-state index in [0.29, 0.717) is 24.9 Å². The highest BCUT2D eigenvalue weighted by molar-refractivity contribution is 5.75. The Hall–Kier alpha value is -1.49. The Morgan fingerprint density at radius 1 is 1.39 bits per heavy atom. The van der Waals surface area contributed by atoms with E-state index in [-0.39, 0.29) is 18.4 Å². The molecule has 0 aromatic heterocycles. The maximum atomic E-state index is 13.0. The van der Waals surface area contributed by atoms with E-state index >= 15 is 0 Å². The normalized spacial score (nSPS) is 12.2. The van der Waals surface area contributed by atoms with Crippen LogP contribution in [0.4, 0.5) is 8.78 Å². The second-order valence-electron chi connectivity index (χ2n) is 4.16. The van der Waals surface area contributed by atoms with Crippen LogP contribution in [0.1, 0.15) is 18.9 Å². The molecule has 18 heavy (non-hydrogen) atoms. The van der Waals surface area contributed by atoms with Gasteiger partial charge in [-0.05, 0) is 24.1 Å². The molecule has 1 amide bonds. The number of carbonyl (C=O) groups excluding carboxylic acids is 1. The van der Waals surface area contributed by atoms with Crippen molar-refractivity contribution in [1.29, 1.82) is 0 Å². The largest absolute Gasteiger partial charge is 0.396 e. The van der Waals surface area contributed by atoms with E-state index in [1.54, 1.807) is 6.92 Å². The van der Waals surface area contributed by atoms with Gasteiger partial charge in [0.2, 0.25) is 5.91 Å². The Morgan fingerprint density at radius 3 is 2.67 bits per heavy atom. The Labute approximate surface area is 105 Å². The Balaban J connectivity index is 2.56. The van der Waals surface area contributed by atoms with E-state index in [9.17, 15) is 18.7 Å². The minimum atomic E-state index is -0.901. The van der Waals surface area contributed by atoms with Crippen LogP contribution in [-0.4, -0.2) is 24.2 Å². The molecule has 1 atom stereocenters. The summed E-state index contributed by atoms with van der Waals surface area (Å²) >= 11 is 0. The third kappa shape index (κ3) is 4.41. The van der Waals surface area contributed by atoms with E-state index in [0.717, 1.165) is 12.1 Å². The van der Waals surface area contributed by atoms with Gasteiger partial charge in [-0.25, -0.2) is 8.78 Å². The Kier molecular flexibility index (Phi) is 5.71. The van der Waals surface area contributed by atoms with E-state index in [2.05, 4.69) is 5.32 Å². The molecule has 0 saturated heterocycles. The fourth-order valence-electron chi connectivity index (χ4n) is 1.58. The summed E-state index contributed by atoms with van der Waals surface area (Å²) in [6.07, 6.45) is 0.765. The number of benzene rings is 1. The first-order chi connectivity index (χ1) is 8.56. The molecule has 0 aliphatic carbocycles. The van der Waals surface area contributed by atoms with Crippen molar-refractivity contribution in [3.63, 3.8) is 0 Å². The molecular weight excluding hydrogens is 240 g/mol. The van der Waals surface area contributed by atoms with Gasteiger partial charge in [0, 0.05) is 25.5 Å². The van der Waals surface area contributed by atoms with Crippen LogP contribution >= 0.6 is 0 Å². The van der Waals surface area contributed by atoms with E-state index in [1.807, 2.05) is 0 Å². The van der Waals surface area contributed by atoms with Crippen LogP contribution in [0, 0.1) is 17.6 Å². The number of aliphatic hydroxyl groups excluding tert-OH is 1. The average Bonchev–Trinajstić information content (AvgIpc) is 2.38. The molecule has 5 heteroatoms. The summed E-state index contributed by atoms with van der Waals surface area (Å²) in [6.45, 7) is 1.93. The highest BCUT2D eigenvalue weighted by Gasteiger charge is 2.11. The van der Waals surface area contributed by atoms with Crippen LogP contribution in [0.3, 0.4) is 0 Å². The average molecular weight is 257 g/mol. The fourth-order valence-corrected chi connectivity index (χ4v) is 1.58. The zero-order valence-corrected chi connectivity index (χ0v) is 10.2. The lowest BCUT2D eigenvalue weighted by Gasteiger charge is -2.15. The molecular formula is C13H17F2NO2. The van der Waals surface area contributed by atoms with Crippen molar-refractivity contribution in [2.45, 2.75) is 19.8 Å². The number of hydrogen-bond acceptors (Lipinski definition) is 2. The number of nitrogens with one attached hydrogen (secondary N) is 1. The van der Waals surface area contributed by atoms with Crippen LogP contribution in [0.5, 0.6) is 0 Å². The molecule has 0 bridgehead atoms. The highest BCUT2D eigenvalue weighted by atomic mass is 19.2. The van der Waals surface area contributed by atoms with Crippen molar-refractivity contribution in [3.05, 3.63) is 35.4 Å². The van der Waals surface area contributed by atoms with E-state index < -0.39 is 11.6 Å². The predicted molar refractivity (Wildman–Crippen MR) is 63.9 cm³/mol. The van der Waals surface area contributed by atoms with Gasteiger partial charge in [-0.1, -0.05) is 13.0 Å². The van der Waals surface area contributed by atoms with Gasteiger partial charge in [-0.3, -0.25) is 4.79 Å². The first-order valence-corrected chi connectivity index (χ1v) is 5.88. The first-order valence-electron chi connectivity index (χ1n) is 5.88. The van der Waals surface area contributed by atoms with Crippen LogP contribution in [-0.2, 0) is 11.2 Å². The molecule has 0 unspecified atom stereocenters. The van der Waals surface area contributed by atoms with Gasteiger partial charge in [0.15, 0.2) is 11.6 Å². The number of halogens is 2. The topological polar surface area (TPSA) is 49.3 Å². The lowest BCUT2D eigenvalue weighted by molar-refractivity contribution is -0.121. The summed E-state index contributed by atoms with van der Waals surface area (Å²) in [4.78, 5) is 11.1. The zero-order chi connectivity index (χ0) is 13.5. The van der Waals surface area contributed by atoms with Gasteiger partial charge >= 0.3 is 0 Å². The molecule has 0 fully saturated rings. The van der Waals surface area contributed by atoms with Crippen molar-refractivity contribution in [2.24, 2.45) is 5.92 Å². The molecule has 100 valence electrons. The molecule has 2 N–H and O–H groups in total. The summed E-state index contributed by atoms with van der Waals surface area (Å²) in [7, 11) is 0. The molecule has 0 saturated carbocycles. The Morgan fingerprint density at radius 2 is 2.11 bits per heavy atom. The van der Waals surface area contributed by atoms with Crippen molar-refractivity contribution < 1.29 is 18.7 Å². The third-order valence-electron chi connectivity index (χ3n) is 2.68. The molecule has 0 radical (unpaired) electrons. The van der Waals surface area contributed by atoms with Crippen molar-refractivity contribution in [3.8, 4) is 0 Å². The number of carbonyl (C=O) groups is 1. The lowest BCUT2D eigenvalue weighted by atomic mass is 10.00. The SMILES string of the molecule is CCC(=O)NC[C@H](CO)Cc1ccc(F)c(F)c1. The molecule has 1 aromatic carbocycles. The van der Waals surface area contributed by atoms with Crippen LogP contribution in [0.25, 0.3) is 0 Å². The van der Waals surface area contributed by atoms with Crippen molar-refractivity contribution in [1.82, 2.24) is 5.32 Å². The summed E-state index contributed by atoms with van der Waals surface area (Å²) in [6, 6.07) is 3.64. The highest BCUT2D eigenvalue weighted by Crippen LogP contribution is 2.12. The fraction of sp³-hybridized carbons (Fsp3) is 0.462. The first kappa shape index (κ1) is 14.6. The van der Waals surface area contributed by atoms with Gasteiger partial charge < -0.3 is 10.4 Å². The van der Waals surface area contributed by atoms with Crippen LogP contribution < -0.4 is 5.32 Å². The predicted octanol–water partition coefficient (Wildman–Crippen LogP) is 1.64. The standard InChI is InChI=1S/C13H17F2NO2/c1-2-13(18)16-7-10(8-17)5-9-3-4-11(14)12(15)6-9/h3-4,6,10,17H,2,5,7-8H2,1H3,(H,16,18)/t10-/m1/s1. The van der Waals surface area contributed by atoms with Gasteiger partial charge in [-0.2, -0.15) is 0 Å². The van der Waals surface area contributed by atoms with Crippen LogP contribution in [0.15, 0.2) is 18.2 Å². The van der Waals surface area contributed by atoms with Gasteiger partial charge in [0.25, 0.3) is 0 Å². The minimum absolute atomic E-state index is 0.0984. The minimum Gasteiger partial charge on any atom is -0.396 e. The van der Waals surface area contributed by atoms with Crippen molar-refractivity contribution >= 4 is 5.91 Å². The number of aliphatic hydroxyl groups is 1. The summed E-state index contributed by atoms with van der Waals surface area (Å²) in [5.41, 5.74) is 0.596. The quantitative estimate of drug-likeness (QED) is 0.814. The Bertz CT molecular complexity index is 410. The molecule has 0 aliphatic rings. The van der Waals surface area contributed by atoms with Gasteiger partial charge in [-0.15, -0.1) is 0 Å². The summed E-state index contributed by atoms with van der Waals surface area (Å²) in [5.74, 6) is -2.09. The second-order valence-corrected chi connectivity index (χ2v) is 4.16.